The quantitative estimate of drug-likeness (QED) is 0.637. The van der Waals surface area contributed by atoms with Gasteiger partial charge in [-0.2, -0.15) is 8.42 Å². The third-order valence-corrected chi connectivity index (χ3v) is 3.75. The zero-order valence-electron chi connectivity index (χ0n) is 11.0. The predicted octanol–water partition coefficient (Wildman–Crippen LogP) is 1.83. The van der Waals surface area contributed by atoms with Crippen molar-refractivity contribution in [2.24, 2.45) is 0 Å². The Hall–Kier alpha value is -2.71. The van der Waals surface area contributed by atoms with Crippen LogP contribution in [0.3, 0.4) is 0 Å². The van der Waals surface area contributed by atoms with Gasteiger partial charge in [0.25, 0.3) is 16.6 Å². The van der Waals surface area contributed by atoms with Crippen molar-refractivity contribution in [3.8, 4) is 16.9 Å². The predicted molar refractivity (Wildman–Crippen MR) is 75.3 cm³/mol. The molecule has 0 radical (unpaired) electrons. The van der Waals surface area contributed by atoms with E-state index in [1.165, 1.54) is 36.4 Å². The monoisotopic (exact) mass is 322 g/mol. The first-order valence-electron chi connectivity index (χ1n) is 5.88. The number of carboxylic acids is 1. The Balaban J connectivity index is 2.59. The highest BCUT2D eigenvalue weighted by atomic mass is 32.2. The zero-order chi connectivity index (χ0) is 16.3. The van der Waals surface area contributed by atoms with E-state index in [-0.39, 0.29) is 23.3 Å². The van der Waals surface area contributed by atoms with Gasteiger partial charge >= 0.3 is 5.97 Å². The van der Waals surface area contributed by atoms with Gasteiger partial charge in [-0.25, -0.2) is 4.79 Å². The number of benzene rings is 2. The Kier molecular flexibility index (Phi) is 4.25. The second-order valence-corrected chi connectivity index (χ2v) is 5.62. The second kappa shape index (κ2) is 5.96. The SMILES string of the molecule is O=COc1ccc(-c2ccc(C(=O)O)cc2)c(S(=O)(=O)O)c1. The maximum absolute atomic E-state index is 11.5. The van der Waals surface area contributed by atoms with Crippen LogP contribution in [0.25, 0.3) is 11.1 Å². The maximum Gasteiger partial charge on any atom is 0.335 e. The molecule has 8 heteroatoms. The summed E-state index contributed by atoms with van der Waals surface area (Å²) in [6.07, 6.45) is 0. The van der Waals surface area contributed by atoms with Crippen LogP contribution in [-0.4, -0.2) is 30.5 Å². The molecule has 0 unspecified atom stereocenters. The highest BCUT2D eigenvalue weighted by molar-refractivity contribution is 7.86. The molecule has 0 aliphatic heterocycles. The van der Waals surface area contributed by atoms with Crippen LogP contribution in [0.4, 0.5) is 0 Å². The number of hydrogen-bond acceptors (Lipinski definition) is 5. The van der Waals surface area contributed by atoms with Crippen molar-refractivity contribution in [1.82, 2.24) is 0 Å². The molecule has 114 valence electrons. The molecule has 0 fully saturated rings. The molecule has 0 atom stereocenters. The lowest BCUT2D eigenvalue weighted by Gasteiger charge is -2.09. The molecule has 0 heterocycles. The summed E-state index contributed by atoms with van der Waals surface area (Å²) in [5.41, 5.74) is 0.575. The van der Waals surface area contributed by atoms with Crippen LogP contribution in [0, 0.1) is 0 Å². The molecule has 22 heavy (non-hydrogen) atoms. The number of ether oxygens (including phenoxy) is 1. The van der Waals surface area contributed by atoms with E-state index in [2.05, 4.69) is 4.74 Å². The van der Waals surface area contributed by atoms with Crippen molar-refractivity contribution in [3.05, 3.63) is 48.0 Å². The van der Waals surface area contributed by atoms with Gasteiger partial charge in [-0.1, -0.05) is 12.1 Å². The summed E-state index contributed by atoms with van der Waals surface area (Å²) < 4.78 is 36.8. The number of aromatic carboxylic acids is 1. The van der Waals surface area contributed by atoms with Gasteiger partial charge in [0, 0.05) is 11.6 Å². The first-order valence-corrected chi connectivity index (χ1v) is 7.32. The number of carbonyl (C=O) groups excluding carboxylic acids is 1. The molecule has 2 aromatic rings. The Labute approximate surface area is 125 Å². The van der Waals surface area contributed by atoms with Gasteiger partial charge < -0.3 is 9.84 Å². The Bertz CT molecular complexity index is 823. The summed E-state index contributed by atoms with van der Waals surface area (Å²) in [7, 11) is -4.56. The minimum atomic E-state index is -4.56. The third-order valence-electron chi connectivity index (χ3n) is 2.86. The molecule has 2 N–H and O–H groups in total. The average molecular weight is 322 g/mol. The Morgan fingerprint density at radius 2 is 1.73 bits per heavy atom. The topological polar surface area (TPSA) is 118 Å². The van der Waals surface area contributed by atoms with Crippen molar-refractivity contribution >= 4 is 22.6 Å². The molecule has 0 saturated heterocycles. The fraction of sp³-hybridized carbons (Fsp3) is 0. The first-order chi connectivity index (χ1) is 10.3. The molecular weight excluding hydrogens is 312 g/mol. The van der Waals surface area contributed by atoms with Crippen molar-refractivity contribution < 1.29 is 32.4 Å². The van der Waals surface area contributed by atoms with E-state index in [0.717, 1.165) is 6.07 Å². The fourth-order valence-electron chi connectivity index (χ4n) is 1.88. The van der Waals surface area contributed by atoms with Gasteiger partial charge in [-0.3, -0.25) is 9.35 Å². The largest absolute Gasteiger partial charge is 0.478 e. The van der Waals surface area contributed by atoms with Crippen LogP contribution in [0.2, 0.25) is 0 Å². The van der Waals surface area contributed by atoms with Gasteiger partial charge in [0.15, 0.2) is 0 Å². The number of carboxylic acid groups (broad SMARTS) is 1. The molecule has 0 spiro atoms. The number of hydrogen-bond donors (Lipinski definition) is 2. The van der Waals surface area contributed by atoms with E-state index in [4.69, 9.17) is 5.11 Å². The van der Waals surface area contributed by atoms with E-state index in [1.807, 2.05) is 0 Å². The van der Waals surface area contributed by atoms with E-state index >= 15 is 0 Å². The minimum Gasteiger partial charge on any atom is -0.478 e. The molecule has 0 aliphatic carbocycles. The van der Waals surface area contributed by atoms with Crippen LogP contribution in [0.1, 0.15) is 10.4 Å². The van der Waals surface area contributed by atoms with Crippen LogP contribution in [-0.2, 0) is 14.9 Å². The van der Waals surface area contributed by atoms with Crippen molar-refractivity contribution in [3.63, 3.8) is 0 Å². The molecule has 0 aliphatic rings. The van der Waals surface area contributed by atoms with Gasteiger partial charge in [0.05, 0.1) is 5.56 Å². The summed E-state index contributed by atoms with van der Waals surface area (Å²) in [6, 6.07) is 9.13. The van der Waals surface area contributed by atoms with Crippen LogP contribution in [0.15, 0.2) is 47.4 Å². The molecule has 2 aromatic carbocycles. The summed E-state index contributed by atoms with van der Waals surface area (Å²) in [4.78, 5) is 20.7. The van der Waals surface area contributed by atoms with Crippen LogP contribution < -0.4 is 4.74 Å². The number of carbonyl (C=O) groups is 2. The summed E-state index contributed by atoms with van der Waals surface area (Å²) in [6.45, 7) is 0.129. The molecule has 0 amide bonds. The zero-order valence-corrected chi connectivity index (χ0v) is 11.8. The van der Waals surface area contributed by atoms with E-state index in [0.29, 0.717) is 5.56 Å². The van der Waals surface area contributed by atoms with Crippen LogP contribution >= 0.6 is 0 Å². The number of rotatable bonds is 5. The lowest BCUT2D eigenvalue weighted by molar-refractivity contribution is -0.120. The van der Waals surface area contributed by atoms with Gasteiger partial charge in [0.2, 0.25) is 0 Å². The summed E-state index contributed by atoms with van der Waals surface area (Å²) >= 11 is 0. The highest BCUT2D eigenvalue weighted by Gasteiger charge is 2.18. The van der Waals surface area contributed by atoms with E-state index < -0.39 is 21.0 Å². The lowest BCUT2D eigenvalue weighted by Crippen LogP contribution is -2.02. The van der Waals surface area contributed by atoms with Gasteiger partial charge in [-0.15, -0.1) is 0 Å². The second-order valence-electron chi connectivity index (χ2n) is 4.23. The normalized spacial score (nSPS) is 11.0. The molecule has 0 bridgehead atoms. The Morgan fingerprint density at radius 3 is 2.23 bits per heavy atom. The van der Waals surface area contributed by atoms with Crippen molar-refractivity contribution in [2.75, 3.05) is 0 Å². The molecule has 7 nitrogen and oxygen atoms in total. The first kappa shape index (κ1) is 15.7. The smallest absolute Gasteiger partial charge is 0.335 e. The van der Waals surface area contributed by atoms with Gasteiger partial charge in [-0.05, 0) is 29.8 Å². The minimum absolute atomic E-state index is 0.0399. The molecular formula is C14H10O7S. The molecule has 0 aromatic heterocycles. The molecule has 0 saturated carbocycles. The Morgan fingerprint density at radius 1 is 1.09 bits per heavy atom. The summed E-state index contributed by atoms with van der Waals surface area (Å²) in [5, 5.41) is 8.84. The summed E-state index contributed by atoms with van der Waals surface area (Å²) in [5.74, 6) is -1.16. The van der Waals surface area contributed by atoms with Gasteiger partial charge in [0.1, 0.15) is 10.6 Å². The standard InChI is InChI=1S/C14H10O7S/c15-8-21-11-5-6-12(13(7-11)22(18,19)20)9-1-3-10(4-2-9)14(16)17/h1-8H,(H,16,17)(H,18,19,20). The lowest BCUT2D eigenvalue weighted by atomic mass is 10.0. The fourth-order valence-corrected chi connectivity index (χ4v) is 2.60. The van der Waals surface area contributed by atoms with E-state index in [9.17, 15) is 22.6 Å². The van der Waals surface area contributed by atoms with Crippen LogP contribution in [0.5, 0.6) is 5.75 Å². The van der Waals surface area contributed by atoms with E-state index in [1.54, 1.807) is 0 Å². The third kappa shape index (κ3) is 3.30. The maximum atomic E-state index is 11.5. The highest BCUT2D eigenvalue weighted by Crippen LogP contribution is 2.30. The molecule has 2 rings (SSSR count). The van der Waals surface area contributed by atoms with Crippen molar-refractivity contribution in [1.29, 1.82) is 0 Å². The average Bonchev–Trinajstić information content (AvgIpc) is 2.47. The van der Waals surface area contributed by atoms with Crippen molar-refractivity contribution in [2.45, 2.75) is 4.90 Å².